The molecule has 2 heteroatoms. The normalized spacial score (nSPS) is 21.4. The van der Waals surface area contributed by atoms with Gasteiger partial charge >= 0.3 is 0 Å². The Morgan fingerprint density at radius 1 is 0.875 bits per heavy atom. The number of nitrogens with zero attached hydrogens (tertiary/aromatic N) is 1. The van der Waals surface area contributed by atoms with Crippen molar-refractivity contribution in [3.8, 4) is 0 Å². The summed E-state index contributed by atoms with van der Waals surface area (Å²) in [5, 5.41) is 0. The van der Waals surface area contributed by atoms with E-state index >= 15 is 0 Å². The fourth-order valence-electron chi connectivity index (χ4n) is 4.11. The number of benzene rings is 2. The molecule has 2 aromatic carbocycles. The third kappa shape index (κ3) is 2.60. The maximum atomic E-state index is 6.57. The monoisotopic (exact) mass is 319 g/mol. The largest absolute Gasteiger partial charge is 0.468 e. The van der Waals surface area contributed by atoms with Gasteiger partial charge in [-0.15, -0.1) is 0 Å². The molecule has 2 aromatic rings. The zero-order valence-corrected chi connectivity index (χ0v) is 14.5. The Bertz CT molecular complexity index is 744. The van der Waals surface area contributed by atoms with Crippen molar-refractivity contribution in [1.29, 1.82) is 0 Å². The van der Waals surface area contributed by atoms with Crippen molar-refractivity contribution < 1.29 is 4.74 Å². The second-order valence-corrected chi connectivity index (χ2v) is 6.97. The number of allylic oxidation sites excluding steroid dienone is 2. The molecule has 0 aromatic heterocycles. The van der Waals surface area contributed by atoms with Crippen LogP contribution in [0.1, 0.15) is 50.0 Å². The molecule has 1 atom stereocenters. The van der Waals surface area contributed by atoms with Crippen LogP contribution in [0.25, 0.3) is 0 Å². The van der Waals surface area contributed by atoms with Crippen LogP contribution in [-0.4, -0.2) is 0 Å². The smallest absolute Gasteiger partial charge is 0.202 e. The highest BCUT2D eigenvalue weighted by Crippen LogP contribution is 2.46. The van der Waals surface area contributed by atoms with E-state index in [-0.39, 0.29) is 6.23 Å². The molecule has 2 aliphatic rings. The maximum absolute atomic E-state index is 6.57. The van der Waals surface area contributed by atoms with Crippen LogP contribution >= 0.6 is 0 Å². The van der Waals surface area contributed by atoms with Gasteiger partial charge in [-0.25, -0.2) is 0 Å². The number of anilines is 1. The standard InChI is InChI=1S/C22H25NO/c1-16-10-6-9-15-20(16)23-17(2)21(18-11-7-8-12-18)24-22(23)19-13-4-3-5-14-19/h3-6,9-10,13-15,18,22H,7-8,11-12H2,1-2H3. The van der Waals surface area contributed by atoms with Gasteiger partial charge in [0.05, 0.1) is 5.70 Å². The predicted molar refractivity (Wildman–Crippen MR) is 98.6 cm³/mol. The lowest BCUT2D eigenvalue weighted by atomic mass is 10.0. The van der Waals surface area contributed by atoms with E-state index in [1.807, 2.05) is 0 Å². The fraction of sp³-hybridized carbons (Fsp3) is 0.364. The molecular formula is C22H25NO. The summed E-state index contributed by atoms with van der Waals surface area (Å²) in [6.07, 6.45) is 5.12. The van der Waals surface area contributed by atoms with Gasteiger partial charge < -0.3 is 9.64 Å². The number of aryl methyl sites for hydroxylation is 1. The number of hydrogen-bond acceptors (Lipinski definition) is 2. The molecule has 2 nitrogen and oxygen atoms in total. The Balaban J connectivity index is 1.78. The van der Waals surface area contributed by atoms with Gasteiger partial charge in [-0.05, 0) is 38.3 Å². The summed E-state index contributed by atoms with van der Waals surface area (Å²) in [4.78, 5) is 2.39. The van der Waals surface area contributed by atoms with Gasteiger partial charge in [-0.1, -0.05) is 61.4 Å². The third-order valence-corrected chi connectivity index (χ3v) is 5.38. The molecule has 1 unspecified atom stereocenters. The first-order valence-electron chi connectivity index (χ1n) is 9.03. The summed E-state index contributed by atoms with van der Waals surface area (Å²) in [5.74, 6) is 1.80. The van der Waals surface area contributed by atoms with Crippen LogP contribution in [0.2, 0.25) is 0 Å². The molecular weight excluding hydrogens is 294 g/mol. The van der Waals surface area contributed by atoms with E-state index in [2.05, 4.69) is 73.3 Å². The molecule has 1 aliphatic heterocycles. The summed E-state index contributed by atoms with van der Waals surface area (Å²) in [7, 11) is 0. The van der Waals surface area contributed by atoms with Crippen molar-refractivity contribution >= 4 is 5.69 Å². The first-order valence-corrected chi connectivity index (χ1v) is 9.03. The summed E-state index contributed by atoms with van der Waals surface area (Å²) in [5.41, 5.74) is 5.03. The topological polar surface area (TPSA) is 12.5 Å². The zero-order valence-electron chi connectivity index (χ0n) is 14.5. The third-order valence-electron chi connectivity index (χ3n) is 5.38. The summed E-state index contributed by atoms with van der Waals surface area (Å²) >= 11 is 0. The van der Waals surface area contributed by atoms with Crippen LogP contribution in [0.15, 0.2) is 66.1 Å². The molecule has 1 saturated carbocycles. The van der Waals surface area contributed by atoms with E-state index in [4.69, 9.17) is 4.74 Å². The minimum absolute atomic E-state index is 0.0529. The average Bonchev–Trinajstić information content (AvgIpc) is 3.24. The molecule has 0 saturated heterocycles. The lowest BCUT2D eigenvalue weighted by Gasteiger charge is -2.28. The van der Waals surface area contributed by atoms with Gasteiger partial charge in [-0.2, -0.15) is 0 Å². The van der Waals surface area contributed by atoms with Gasteiger partial charge in [0.25, 0.3) is 0 Å². The minimum Gasteiger partial charge on any atom is -0.468 e. The summed E-state index contributed by atoms with van der Waals surface area (Å²) < 4.78 is 6.57. The highest BCUT2D eigenvalue weighted by molar-refractivity contribution is 5.60. The maximum Gasteiger partial charge on any atom is 0.202 e. The highest BCUT2D eigenvalue weighted by atomic mass is 16.5. The lowest BCUT2D eigenvalue weighted by molar-refractivity contribution is 0.122. The molecule has 0 N–H and O–H groups in total. The number of para-hydroxylation sites is 1. The molecule has 1 fully saturated rings. The van der Waals surface area contributed by atoms with E-state index in [1.54, 1.807) is 0 Å². The van der Waals surface area contributed by atoms with Crippen LogP contribution in [0.3, 0.4) is 0 Å². The Morgan fingerprint density at radius 3 is 2.25 bits per heavy atom. The molecule has 4 rings (SSSR count). The van der Waals surface area contributed by atoms with Gasteiger partial charge in [0.2, 0.25) is 6.23 Å². The second kappa shape index (κ2) is 6.35. The van der Waals surface area contributed by atoms with Crippen molar-refractivity contribution in [2.24, 2.45) is 5.92 Å². The molecule has 124 valence electrons. The van der Waals surface area contributed by atoms with Crippen LogP contribution in [0.4, 0.5) is 5.69 Å². The van der Waals surface area contributed by atoms with Crippen LogP contribution in [0.5, 0.6) is 0 Å². The van der Waals surface area contributed by atoms with Crippen LogP contribution in [0, 0.1) is 12.8 Å². The first-order chi connectivity index (χ1) is 11.8. The Morgan fingerprint density at radius 2 is 1.54 bits per heavy atom. The Kier molecular flexibility index (Phi) is 4.05. The highest BCUT2D eigenvalue weighted by Gasteiger charge is 2.37. The molecule has 1 heterocycles. The summed E-state index contributed by atoms with van der Waals surface area (Å²) in [6.45, 7) is 4.40. The predicted octanol–water partition coefficient (Wildman–Crippen LogP) is 5.95. The zero-order chi connectivity index (χ0) is 16.5. The first kappa shape index (κ1) is 15.3. The molecule has 0 amide bonds. The minimum atomic E-state index is -0.0529. The Labute approximate surface area is 144 Å². The van der Waals surface area contributed by atoms with Gasteiger partial charge in [0.15, 0.2) is 0 Å². The van der Waals surface area contributed by atoms with E-state index in [0.29, 0.717) is 5.92 Å². The van der Waals surface area contributed by atoms with Crippen molar-refractivity contribution in [3.05, 3.63) is 77.2 Å². The molecule has 0 bridgehead atoms. The van der Waals surface area contributed by atoms with E-state index < -0.39 is 0 Å². The van der Waals surface area contributed by atoms with Crippen molar-refractivity contribution in [2.75, 3.05) is 4.90 Å². The number of ether oxygens (including phenoxy) is 1. The molecule has 1 aliphatic carbocycles. The van der Waals surface area contributed by atoms with Crippen molar-refractivity contribution in [1.82, 2.24) is 0 Å². The van der Waals surface area contributed by atoms with Crippen LogP contribution < -0.4 is 4.90 Å². The summed E-state index contributed by atoms with van der Waals surface area (Å²) in [6, 6.07) is 19.2. The SMILES string of the molecule is CC1=C(C2CCCC2)OC(c2ccccc2)N1c1ccccc1C. The fourth-order valence-corrected chi connectivity index (χ4v) is 4.11. The average molecular weight is 319 g/mol. The van der Waals surface area contributed by atoms with E-state index in [1.165, 1.54) is 54.0 Å². The van der Waals surface area contributed by atoms with Gasteiger partial charge in [0, 0.05) is 17.2 Å². The lowest BCUT2D eigenvalue weighted by Crippen LogP contribution is -2.23. The van der Waals surface area contributed by atoms with Gasteiger partial charge in [-0.3, -0.25) is 0 Å². The second-order valence-electron chi connectivity index (χ2n) is 6.97. The quantitative estimate of drug-likeness (QED) is 0.693. The molecule has 0 radical (unpaired) electrons. The van der Waals surface area contributed by atoms with Gasteiger partial charge in [0.1, 0.15) is 5.76 Å². The van der Waals surface area contributed by atoms with E-state index in [0.717, 1.165) is 0 Å². The Hall–Kier alpha value is -2.22. The van der Waals surface area contributed by atoms with Crippen LogP contribution in [-0.2, 0) is 4.74 Å². The van der Waals surface area contributed by atoms with E-state index in [9.17, 15) is 0 Å². The van der Waals surface area contributed by atoms with Crippen molar-refractivity contribution in [3.63, 3.8) is 0 Å². The van der Waals surface area contributed by atoms with Crippen molar-refractivity contribution in [2.45, 2.75) is 45.8 Å². The number of hydrogen-bond donors (Lipinski definition) is 0. The number of rotatable bonds is 3. The molecule has 0 spiro atoms. The molecule has 24 heavy (non-hydrogen) atoms.